The lowest BCUT2D eigenvalue weighted by Gasteiger charge is -2.29. The van der Waals surface area contributed by atoms with E-state index in [1.54, 1.807) is 0 Å². The molecular weight excluding hydrogens is 218 g/mol. The SMILES string of the molecule is C=CCCN1CCCC(Br)C1=O. The second-order valence-corrected chi connectivity index (χ2v) is 4.12. The number of nitrogens with zero attached hydrogens (tertiary/aromatic N) is 1. The van der Waals surface area contributed by atoms with Gasteiger partial charge in [-0.25, -0.2) is 0 Å². The molecule has 0 N–H and O–H groups in total. The molecule has 3 heteroatoms. The van der Waals surface area contributed by atoms with Crippen molar-refractivity contribution in [2.75, 3.05) is 13.1 Å². The first-order valence-corrected chi connectivity index (χ1v) is 5.21. The summed E-state index contributed by atoms with van der Waals surface area (Å²) in [5.41, 5.74) is 0. The van der Waals surface area contributed by atoms with E-state index in [0.717, 1.165) is 32.4 Å². The first-order valence-electron chi connectivity index (χ1n) is 4.29. The predicted octanol–water partition coefficient (Wildman–Crippen LogP) is 1.95. The summed E-state index contributed by atoms with van der Waals surface area (Å²) in [5.74, 6) is 0.239. The number of amides is 1. The van der Waals surface area contributed by atoms with E-state index >= 15 is 0 Å². The molecular formula is C9H14BrNO. The van der Waals surface area contributed by atoms with Gasteiger partial charge in [-0.05, 0) is 19.3 Å². The number of piperidine rings is 1. The Morgan fingerprint density at radius 1 is 1.75 bits per heavy atom. The molecule has 1 aliphatic heterocycles. The summed E-state index contributed by atoms with van der Waals surface area (Å²) in [6, 6.07) is 0. The van der Waals surface area contributed by atoms with E-state index in [1.165, 1.54) is 0 Å². The second-order valence-electron chi connectivity index (χ2n) is 3.01. The fourth-order valence-electron chi connectivity index (χ4n) is 1.36. The Balaban J connectivity index is 2.40. The van der Waals surface area contributed by atoms with Crippen molar-refractivity contribution >= 4 is 21.8 Å². The highest BCUT2D eigenvalue weighted by Crippen LogP contribution is 2.18. The van der Waals surface area contributed by atoms with Crippen molar-refractivity contribution in [2.24, 2.45) is 0 Å². The Morgan fingerprint density at radius 2 is 2.50 bits per heavy atom. The molecule has 0 bridgehead atoms. The van der Waals surface area contributed by atoms with Gasteiger partial charge in [0.1, 0.15) is 0 Å². The Labute approximate surface area is 81.8 Å². The monoisotopic (exact) mass is 231 g/mol. The van der Waals surface area contributed by atoms with Gasteiger partial charge in [-0.1, -0.05) is 22.0 Å². The van der Waals surface area contributed by atoms with Crippen molar-refractivity contribution in [3.05, 3.63) is 12.7 Å². The van der Waals surface area contributed by atoms with Gasteiger partial charge in [0.2, 0.25) is 5.91 Å². The molecule has 1 heterocycles. The van der Waals surface area contributed by atoms with Gasteiger partial charge in [0.15, 0.2) is 0 Å². The smallest absolute Gasteiger partial charge is 0.236 e. The van der Waals surface area contributed by atoms with E-state index in [4.69, 9.17) is 0 Å². The molecule has 0 aromatic rings. The Bertz CT molecular complexity index is 181. The van der Waals surface area contributed by atoms with Crippen LogP contribution < -0.4 is 0 Å². The minimum absolute atomic E-state index is 0.0519. The molecule has 1 fully saturated rings. The van der Waals surface area contributed by atoms with Crippen LogP contribution in [0.25, 0.3) is 0 Å². The quantitative estimate of drug-likeness (QED) is 0.538. The topological polar surface area (TPSA) is 20.3 Å². The third-order valence-corrected chi connectivity index (χ3v) is 2.92. The number of halogens is 1. The molecule has 0 aliphatic carbocycles. The van der Waals surface area contributed by atoms with Crippen LogP contribution in [0.5, 0.6) is 0 Å². The largest absolute Gasteiger partial charge is 0.341 e. The fraction of sp³-hybridized carbons (Fsp3) is 0.667. The zero-order chi connectivity index (χ0) is 8.97. The van der Waals surface area contributed by atoms with Crippen LogP contribution in [0.1, 0.15) is 19.3 Å². The lowest BCUT2D eigenvalue weighted by atomic mass is 10.1. The first kappa shape index (κ1) is 9.78. The molecule has 1 unspecified atom stereocenters. The van der Waals surface area contributed by atoms with E-state index in [1.807, 2.05) is 11.0 Å². The Morgan fingerprint density at radius 3 is 3.17 bits per heavy atom. The summed E-state index contributed by atoms with van der Waals surface area (Å²) < 4.78 is 0. The first-order chi connectivity index (χ1) is 5.75. The highest BCUT2D eigenvalue weighted by molar-refractivity contribution is 9.10. The molecule has 1 rings (SSSR count). The van der Waals surface area contributed by atoms with Crippen LogP contribution in [-0.2, 0) is 4.79 Å². The third kappa shape index (κ3) is 2.34. The maximum absolute atomic E-state index is 11.5. The number of carbonyl (C=O) groups excluding carboxylic acids is 1. The van der Waals surface area contributed by atoms with Gasteiger partial charge in [0.05, 0.1) is 4.83 Å². The van der Waals surface area contributed by atoms with Gasteiger partial charge in [0.25, 0.3) is 0 Å². The second kappa shape index (κ2) is 4.65. The van der Waals surface area contributed by atoms with E-state index < -0.39 is 0 Å². The molecule has 2 nitrogen and oxygen atoms in total. The van der Waals surface area contributed by atoms with Crippen molar-refractivity contribution in [1.82, 2.24) is 4.90 Å². The van der Waals surface area contributed by atoms with E-state index in [2.05, 4.69) is 22.5 Å². The van der Waals surface area contributed by atoms with Crippen molar-refractivity contribution < 1.29 is 4.79 Å². The van der Waals surface area contributed by atoms with Gasteiger partial charge < -0.3 is 4.90 Å². The van der Waals surface area contributed by atoms with Gasteiger partial charge in [-0.3, -0.25) is 4.79 Å². The minimum atomic E-state index is 0.0519. The Hall–Kier alpha value is -0.310. The van der Waals surface area contributed by atoms with Crippen LogP contribution in [0.4, 0.5) is 0 Å². The van der Waals surface area contributed by atoms with Crippen LogP contribution in [0.3, 0.4) is 0 Å². The lowest BCUT2D eigenvalue weighted by molar-refractivity contribution is -0.132. The number of hydrogen-bond acceptors (Lipinski definition) is 1. The summed E-state index contributed by atoms with van der Waals surface area (Å²) in [6.45, 7) is 5.37. The normalized spacial score (nSPS) is 24.2. The molecule has 1 atom stereocenters. The number of carbonyl (C=O) groups is 1. The maximum atomic E-state index is 11.5. The van der Waals surface area contributed by atoms with Crippen LogP contribution in [0.2, 0.25) is 0 Å². The van der Waals surface area contributed by atoms with Crippen LogP contribution in [0.15, 0.2) is 12.7 Å². The van der Waals surface area contributed by atoms with E-state index in [-0.39, 0.29) is 10.7 Å². The van der Waals surface area contributed by atoms with Crippen molar-refractivity contribution in [1.29, 1.82) is 0 Å². The zero-order valence-electron chi connectivity index (χ0n) is 7.13. The third-order valence-electron chi connectivity index (χ3n) is 2.07. The molecule has 0 aromatic carbocycles. The number of alkyl halides is 1. The van der Waals surface area contributed by atoms with Gasteiger partial charge in [-0.2, -0.15) is 0 Å². The lowest BCUT2D eigenvalue weighted by Crippen LogP contribution is -2.41. The summed E-state index contributed by atoms with van der Waals surface area (Å²) in [4.78, 5) is 13.4. The maximum Gasteiger partial charge on any atom is 0.236 e. The Kier molecular flexibility index (Phi) is 3.79. The summed E-state index contributed by atoms with van der Waals surface area (Å²) in [5, 5.41) is 0. The van der Waals surface area contributed by atoms with Gasteiger partial charge in [-0.15, -0.1) is 6.58 Å². The van der Waals surface area contributed by atoms with Gasteiger partial charge in [0, 0.05) is 13.1 Å². The zero-order valence-corrected chi connectivity index (χ0v) is 8.72. The molecule has 12 heavy (non-hydrogen) atoms. The van der Waals surface area contributed by atoms with Crippen molar-refractivity contribution in [3.8, 4) is 0 Å². The molecule has 0 saturated carbocycles. The fourth-order valence-corrected chi connectivity index (χ4v) is 1.98. The average molecular weight is 232 g/mol. The highest BCUT2D eigenvalue weighted by atomic mass is 79.9. The molecule has 1 aliphatic rings. The van der Waals surface area contributed by atoms with Crippen molar-refractivity contribution in [3.63, 3.8) is 0 Å². The molecule has 0 aromatic heterocycles. The van der Waals surface area contributed by atoms with Crippen LogP contribution >= 0.6 is 15.9 Å². The number of likely N-dealkylation sites (tertiary alicyclic amines) is 1. The molecule has 1 saturated heterocycles. The van der Waals surface area contributed by atoms with E-state index in [9.17, 15) is 4.79 Å². The summed E-state index contributed by atoms with van der Waals surface area (Å²) in [6.07, 6.45) is 4.83. The summed E-state index contributed by atoms with van der Waals surface area (Å²) in [7, 11) is 0. The van der Waals surface area contributed by atoms with Crippen LogP contribution in [0, 0.1) is 0 Å². The summed E-state index contributed by atoms with van der Waals surface area (Å²) >= 11 is 3.37. The number of rotatable bonds is 3. The van der Waals surface area contributed by atoms with E-state index in [0.29, 0.717) is 0 Å². The minimum Gasteiger partial charge on any atom is -0.341 e. The standard InChI is InChI=1S/C9H14BrNO/c1-2-3-6-11-7-4-5-8(10)9(11)12/h2,8H,1,3-7H2. The van der Waals surface area contributed by atoms with Crippen molar-refractivity contribution in [2.45, 2.75) is 24.1 Å². The molecule has 68 valence electrons. The predicted molar refractivity (Wildman–Crippen MR) is 53.3 cm³/mol. The average Bonchev–Trinajstić information content (AvgIpc) is 2.08. The van der Waals surface area contributed by atoms with Gasteiger partial charge >= 0.3 is 0 Å². The number of hydrogen-bond donors (Lipinski definition) is 0. The molecule has 0 spiro atoms. The molecule has 0 radical (unpaired) electrons. The molecule has 1 amide bonds. The highest BCUT2D eigenvalue weighted by Gasteiger charge is 2.25. The van der Waals surface area contributed by atoms with Crippen LogP contribution in [-0.4, -0.2) is 28.7 Å².